The van der Waals surface area contributed by atoms with Gasteiger partial charge in [-0.15, -0.1) is 0 Å². The van der Waals surface area contributed by atoms with Gasteiger partial charge in [-0.1, -0.05) is 12.1 Å². The first kappa shape index (κ1) is 12.1. The van der Waals surface area contributed by atoms with Crippen molar-refractivity contribution in [2.24, 2.45) is 4.99 Å². The van der Waals surface area contributed by atoms with Crippen LogP contribution in [0.1, 0.15) is 16.8 Å². The molecule has 1 heterocycles. The molecule has 2 rings (SSSR count). The lowest BCUT2D eigenvalue weighted by Crippen LogP contribution is -2.39. The van der Waals surface area contributed by atoms with E-state index in [-0.39, 0.29) is 17.1 Å². The Labute approximate surface area is 104 Å². The Morgan fingerprint density at radius 2 is 2.11 bits per heavy atom. The third-order valence-electron chi connectivity index (χ3n) is 2.52. The van der Waals surface area contributed by atoms with Crippen molar-refractivity contribution in [2.75, 3.05) is 18.4 Å². The standard InChI is InChI=1S/C12H13N3O3/c16-11(10-13-6-3-7-14-10)15-9-5-2-1-4-8(9)12(17)18/h1-2,4-5H,3,6-7H2,(H,13,14)(H,15,16)(H,17,18). The third kappa shape index (κ3) is 2.65. The molecule has 0 atom stereocenters. The van der Waals surface area contributed by atoms with Crippen LogP contribution in [0.2, 0.25) is 0 Å². The number of hydrogen-bond donors (Lipinski definition) is 3. The molecular weight excluding hydrogens is 234 g/mol. The largest absolute Gasteiger partial charge is 0.478 e. The van der Waals surface area contributed by atoms with Gasteiger partial charge >= 0.3 is 5.97 Å². The average molecular weight is 247 g/mol. The van der Waals surface area contributed by atoms with Gasteiger partial charge in [0.15, 0.2) is 5.84 Å². The summed E-state index contributed by atoms with van der Waals surface area (Å²) in [5, 5.41) is 14.4. The molecule has 1 aromatic rings. The summed E-state index contributed by atoms with van der Waals surface area (Å²) in [6, 6.07) is 6.26. The smallest absolute Gasteiger partial charge is 0.337 e. The molecule has 18 heavy (non-hydrogen) atoms. The monoisotopic (exact) mass is 247 g/mol. The maximum atomic E-state index is 11.8. The number of nitrogens with zero attached hydrogens (tertiary/aromatic N) is 1. The van der Waals surface area contributed by atoms with Crippen LogP contribution < -0.4 is 10.6 Å². The van der Waals surface area contributed by atoms with Gasteiger partial charge in [0.05, 0.1) is 11.3 Å². The topological polar surface area (TPSA) is 90.8 Å². The quantitative estimate of drug-likeness (QED) is 0.733. The van der Waals surface area contributed by atoms with Crippen molar-refractivity contribution in [3.63, 3.8) is 0 Å². The number of hydrogen-bond acceptors (Lipinski definition) is 4. The van der Waals surface area contributed by atoms with Crippen molar-refractivity contribution in [2.45, 2.75) is 6.42 Å². The number of amides is 1. The zero-order valence-electron chi connectivity index (χ0n) is 9.64. The normalized spacial score (nSPS) is 14.3. The van der Waals surface area contributed by atoms with Gasteiger partial charge in [-0.3, -0.25) is 9.79 Å². The number of carbonyl (C=O) groups excluding carboxylic acids is 1. The molecular formula is C12H13N3O3. The van der Waals surface area contributed by atoms with Gasteiger partial charge in [0.25, 0.3) is 5.91 Å². The summed E-state index contributed by atoms with van der Waals surface area (Å²) in [7, 11) is 0. The van der Waals surface area contributed by atoms with Crippen molar-refractivity contribution in [1.82, 2.24) is 5.32 Å². The lowest BCUT2D eigenvalue weighted by atomic mass is 10.2. The molecule has 0 bridgehead atoms. The van der Waals surface area contributed by atoms with Crippen LogP contribution in [0, 0.1) is 0 Å². The number of aliphatic imine (C=N–C) groups is 1. The molecule has 0 spiro atoms. The van der Waals surface area contributed by atoms with Gasteiger partial charge in [-0.25, -0.2) is 4.79 Å². The highest BCUT2D eigenvalue weighted by atomic mass is 16.4. The SMILES string of the molecule is O=C(Nc1ccccc1C(=O)O)C1=NCCCN1. The molecule has 0 aliphatic carbocycles. The molecule has 0 saturated heterocycles. The fraction of sp³-hybridized carbons (Fsp3) is 0.250. The van der Waals surface area contributed by atoms with Gasteiger partial charge in [0.1, 0.15) is 0 Å². The van der Waals surface area contributed by atoms with Crippen LogP contribution in [-0.2, 0) is 4.79 Å². The summed E-state index contributed by atoms with van der Waals surface area (Å²) in [4.78, 5) is 26.9. The van der Waals surface area contributed by atoms with E-state index >= 15 is 0 Å². The van der Waals surface area contributed by atoms with E-state index in [9.17, 15) is 9.59 Å². The van der Waals surface area contributed by atoms with Crippen LogP contribution in [-0.4, -0.2) is 35.9 Å². The summed E-state index contributed by atoms with van der Waals surface area (Å²) in [6.45, 7) is 1.31. The summed E-state index contributed by atoms with van der Waals surface area (Å²) in [5.41, 5.74) is 0.326. The zero-order valence-corrected chi connectivity index (χ0v) is 9.64. The first-order valence-electron chi connectivity index (χ1n) is 5.60. The van der Waals surface area contributed by atoms with E-state index in [0.29, 0.717) is 13.1 Å². The Hall–Kier alpha value is -2.37. The molecule has 6 nitrogen and oxygen atoms in total. The van der Waals surface area contributed by atoms with Crippen LogP contribution in [0.15, 0.2) is 29.3 Å². The molecule has 0 unspecified atom stereocenters. The molecule has 0 saturated carbocycles. The van der Waals surface area contributed by atoms with Gasteiger partial charge < -0.3 is 15.7 Å². The van der Waals surface area contributed by atoms with E-state index in [1.807, 2.05) is 0 Å². The lowest BCUT2D eigenvalue weighted by molar-refractivity contribution is -0.110. The number of carbonyl (C=O) groups is 2. The molecule has 3 N–H and O–H groups in total. The minimum Gasteiger partial charge on any atom is -0.478 e. The first-order valence-corrected chi connectivity index (χ1v) is 5.60. The van der Waals surface area contributed by atoms with Crippen molar-refractivity contribution < 1.29 is 14.7 Å². The predicted octanol–water partition coefficient (Wildman–Crippen LogP) is 0.715. The van der Waals surface area contributed by atoms with E-state index in [1.54, 1.807) is 18.2 Å². The van der Waals surface area contributed by atoms with Gasteiger partial charge in [-0.2, -0.15) is 0 Å². The van der Waals surface area contributed by atoms with E-state index in [0.717, 1.165) is 6.42 Å². The Bertz CT molecular complexity index is 511. The van der Waals surface area contributed by atoms with E-state index in [1.165, 1.54) is 6.07 Å². The number of rotatable bonds is 3. The minimum atomic E-state index is -1.08. The van der Waals surface area contributed by atoms with E-state index < -0.39 is 11.9 Å². The van der Waals surface area contributed by atoms with Crippen LogP contribution >= 0.6 is 0 Å². The second-order valence-corrected chi connectivity index (χ2v) is 3.82. The van der Waals surface area contributed by atoms with Crippen LogP contribution in [0.3, 0.4) is 0 Å². The molecule has 1 aromatic carbocycles. The van der Waals surface area contributed by atoms with E-state index in [2.05, 4.69) is 15.6 Å². The number of amidine groups is 1. The number of aromatic carboxylic acids is 1. The number of carboxylic acids is 1. The molecule has 0 radical (unpaired) electrons. The molecule has 6 heteroatoms. The molecule has 1 amide bonds. The lowest BCUT2D eigenvalue weighted by Gasteiger charge is -2.14. The van der Waals surface area contributed by atoms with Crippen LogP contribution in [0.25, 0.3) is 0 Å². The summed E-state index contributed by atoms with van der Waals surface area (Å²) in [6.07, 6.45) is 0.891. The second kappa shape index (κ2) is 5.31. The number of nitrogens with one attached hydrogen (secondary N) is 2. The summed E-state index contributed by atoms with van der Waals surface area (Å²) < 4.78 is 0. The average Bonchev–Trinajstić information content (AvgIpc) is 2.40. The number of carboxylic acid groups (broad SMARTS) is 1. The second-order valence-electron chi connectivity index (χ2n) is 3.82. The molecule has 0 fully saturated rings. The minimum absolute atomic E-state index is 0.0576. The summed E-state index contributed by atoms with van der Waals surface area (Å²) in [5.74, 6) is -1.24. The number of benzene rings is 1. The van der Waals surface area contributed by atoms with Gasteiger partial charge in [0.2, 0.25) is 0 Å². The summed E-state index contributed by atoms with van der Waals surface area (Å²) >= 11 is 0. The highest BCUT2D eigenvalue weighted by Gasteiger charge is 2.16. The van der Waals surface area contributed by atoms with E-state index in [4.69, 9.17) is 5.11 Å². The highest BCUT2D eigenvalue weighted by Crippen LogP contribution is 2.14. The fourth-order valence-electron chi connectivity index (χ4n) is 1.64. The fourth-order valence-corrected chi connectivity index (χ4v) is 1.64. The van der Waals surface area contributed by atoms with Crippen LogP contribution in [0.4, 0.5) is 5.69 Å². The molecule has 1 aliphatic rings. The molecule has 0 aromatic heterocycles. The first-order chi connectivity index (χ1) is 8.68. The Kier molecular flexibility index (Phi) is 3.57. The maximum Gasteiger partial charge on any atom is 0.337 e. The third-order valence-corrected chi connectivity index (χ3v) is 2.52. The highest BCUT2D eigenvalue weighted by molar-refractivity contribution is 6.42. The van der Waals surface area contributed by atoms with Crippen molar-refractivity contribution in [3.8, 4) is 0 Å². The van der Waals surface area contributed by atoms with Crippen molar-refractivity contribution in [3.05, 3.63) is 29.8 Å². The Morgan fingerprint density at radius 1 is 1.33 bits per heavy atom. The van der Waals surface area contributed by atoms with Crippen molar-refractivity contribution in [1.29, 1.82) is 0 Å². The Morgan fingerprint density at radius 3 is 2.78 bits per heavy atom. The van der Waals surface area contributed by atoms with Gasteiger partial charge in [-0.05, 0) is 18.6 Å². The Balaban J connectivity index is 2.16. The number of para-hydroxylation sites is 1. The van der Waals surface area contributed by atoms with Crippen LogP contribution in [0.5, 0.6) is 0 Å². The van der Waals surface area contributed by atoms with Crippen molar-refractivity contribution >= 4 is 23.4 Å². The number of anilines is 1. The predicted molar refractivity (Wildman–Crippen MR) is 67.0 cm³/mol. The van der Waals surface area contributed by atoms with Gasteiger partial charge in [0, 0.05) is 13.1 Å². The maximum absolute atomic E-state index is 11.8. The molecule has 94 valence electrons. The molecule has 1 aliphatic heterocycles. The zero-order chi connectivity index (χ0) is 13.0.